The normalized spacial score (nSPS) is 29.5. The van der Waals surface area contributed by atoms with Crippen LogP contribution in [0.3, 0.4) is 0 Å². The Morgan fingerprint density at radius 3 is 2.90 bits per heavy atom. The maximum Gasteiger partial charge on any atom is 0.327 e. The number of morpholine rings is 1. The zero-order valence-electron chi connectivity index (χ0n) is 13.7. The third-order valence-corrected chi connectivity index (χ3v) is 4.77. The zero-order chi connectivity index (χ0) is 15.3. The summed E-state index contributed by atoms with van der Waals surface area (Å²) in [6.45, 7) is 7.26. The van der Waals surface area contributed by atoms with Crippen LogP contribution in [0, 0.1) is 0 Å². The predicted molar refractivity (Wildman–Crippen MR) is 82.3 cm³/mol. The number of rotatable bonds is 6. The number of esters is 1. The van der Waals surface area contributed by atoms with Crippen molar-refractivity contribution >= 4 is 5.97 Å². The van der Waals surface area contributed by atoms with Crippen LogP contribution < -0.4 is 5.32 Å². The Morgan fingerprint density at radius 1 is 1.43 bits per heavy atom. The number of hydrogen-bond donors (Lipinski definition) is 1. The molecule has 1 N–H and O–H groups in total. The molecule has 2 aliphatic rings. The van der Waals surface area contributed by atoms with Gasteiger partial charge in [-0.25, -0.2) is 0 Å². The molecule has 0 bridgehead atoms. The summed E-state index contributed by atoms with van der Waals surface area (Å²) in [6, 6.07) is 0.458. The van der Waals surface area contributed by atoms with Gasteiger partial charge in [-0.05, 0) is 32.7 Å². The molecule has 122 valence electrons. The summed E-state index contributed by atoms with van der Waals surface area (Å²) < 4.78 is 10.9. The van der Waals surface area contributed by atoms with E-state index in [1.54, 1.807) is 0 Å². The molecule has 5 nitrogen and oxygen atoms in total. The van der Waals surface area contributed by atoms with Crippen molar-refractivity contribution in [2.45, 2.75) is 63.6 Å². The number of nitrogens with one attached hydrogen (secondary N) is 1. The van der Waals surface area contributed by atoms with E-state index >= 15 is 0 Å². The Kier molecular flexibility index (Phi) is 6.02. The summed E-state index contributed by atoms with van der Waals surface area (Å²) in [4.78, 5) is 14.7. The summed E-state index contributed by atoms with van der Waals surface area (Å²) in [5, 5.41) is 3.38. The van der Waals surface area contributed by atoms with Gasteiger partial charge < -0.3 is 14.8 Å². The van der Waals surface area contributed by atoms with E-state index in [1.807, 2.05) is 6.92 Å². The van der Waals surface area contributed by atoms with E-state index in [2.05, 4.69) is 17.1 Å². The van der Waals surface area contributed by atoms with Crippen molar-refractivity contribution in [1.82, 2.24) is 10.2 Å². The molecule has 0 spiro atoms. The van der Waals surface area contributed by atoms with E-state index in [-0.39, 0.29) is 5.97 Å². The summed E-state index contributed by atoms with van der Waals surface area (Å²) in [5.74, 6) is -0.171. The quantitative estimate of drug-likeness (QED) is 0.754. The zero-order valence-corrected chi connectivity index (χ0v) is 13.7. The minimum atomic E-state index is -0.635. The van der Waals surface area contributed by atoms with Crippen molar-refractivity contribution in [3.63, 3.8) is 0 Å². The second-order valence-electron chi connectivity index (χ2n) is 6.48. The third kappa shape index (κ3) is 3.96. The molecule has 0 aromatic rings. The van der Waals surface area contributed by atoms with Crippen LogP contribution >= 0.6 is 0 Å². The van der Waals surface area contributed by atoms with Gasteiger partial charge in [-0.3, -0.25) is 9.69 Å². The number of carbonyl (C=O) groups is 1. The van der Waals surface area contributed by atoms with Gasteiger partial charge >= 0.3 is 5.97 Å². The number of fused-ring (bicyclic) bond motifs is 1. The Balaban J connectivity index is 2.05. The molecule has 21 heavy (non-hydrogen) atoms. The molecule has 1 saturated heterocycles. The van der Waals surface area contributed by atoms with Gasteiger partial charge in [0.25, 0.3) is 0 Å². The van der Waals surface area contributed by atoms with Crippen LogP contribution in [0.15, 0.2) is 0 Å². The van der Waals surface area contributed by atoms with Crippen molar-refractivity contribution in [3.8, 4) is 0 Å². The number of ether oxygens (including phenoxy) is 2. The number of methoxy groups -OCH3 is 1. The lowest BCUT2D eigenvalue weighted by molar-refractivity contribution is -0.151. The van der Waals surface area contributed by atoms with Crippen LogP contribution in [0.5, 0.6) is 0 Å². The van der Waals surface area contributed by atoms with Gasteiger partial charge in [0.2, 0.25) is 0 Å². The SMILES string of the molecule is CCCNC(C)(CN1CCOC2CCCCC21)C(=O)OC. The first-order chi connectivity index (χ1) is 10.1. The monoisotopic (exact) mass is 298 g/mol. The molecule has 2 fully saturated rings. The Labute approximate surface area is 128 Å². The fraction of sp³-hybridized carbons (Fsp3) is 0.938. The molecule has 5 heteroatoms. The molecule has 3 unspecified atom stereocenters. The first kappa shape index (κ1) is 16.7. The standard InChI is InChI=1S/C16H30N2O3/c1-4-9-17-16(2,15(19)20-3)12-18-10-11-21-14-8-6-5-7-13(14)18/h13-14,17H,4-12H2,1-3H3. The summed E-state index contributed by atoms with van der Waals surface area (Å²) in [5.41, 5.74) is -0.635. The van der Waals surface area contributed by atoms with E-state index in [9.17, 15) is 4.79 Å². The van der Waals surface area contributed by atoms with Gasteiger partial charge in [0.15, 0.2) is 0 Å². The molecule has 1 aliphatic carbocycles. The van der Waals surface area contributed by atoms with Gasteiger partial charge in [-0.15, -0.1) is 0 Å². The molecule has 3 atom stereocenters. The highest BCUT2D eigenvalue weighted by Crippen LogP contribution is 2.29. The van der Waals surface area contributed by atoms with E-state index in [1.165, 1.54) is 26.4 Å². The predicted octanol–water partition coefficient (Wildman–Crippen LogP) is 1.56. The van der Waals surface area contributed by atoms with Crippen LogP contribution in [-0.4, -0.2) is 61.9 Å². The fourth-order valence-corrected chi connectivity index (χ4v) is 3.60. The van der Waals surface area contributed by atoms with Crippen LogP contribution in [0.4, 0.5) is 0 Å². The Bertz CT molecular complexity index is 348. The lowest BCUT2D eigenvalue weighted by atomic mass is 9.88. The number of carbonyl (C=O) groups excluding carboxylic acids is 1. The molecule has 0 aromatic heterocycles. The molecule has 1 heterocycles. The molecular formula is C16H30N2O3. The lowest BCUT2D eigenvalue weighted by Gasteiger charge is -2.46. The Morgan fingerprint density at radius 2 is 2.19 bits per heavy atom. The molecule has 2 rings (SSSR count). The van der Waals surface area contributed by atoms with Gasteiger partial charge in [0.05, 0.1) is 19.8 Å². The molecular weight excluding hydrogens is 268 g/mol. The molecule has 1 saturated carbocycles. The first-order valence-electron chi connectivity index (χ1n) is 8.30. The van der Waals surface area contributed by atoms with E-state index in [0.717, 1.165) is 32.5 Å². The Hall–Kier alpha value is -0.650. The summed E-state index contributed by atoms with van der Waals surface area (Å²) in [6.07, 6.45) is 6.20. The van der Waals surface area contributed by atoms with Crippen molar-refractivity contribution < 1.29 is 14.3 Å². The lowest BCUT2D eigenvalue weighted by Crippen LogP contribution is -2.62. The average molecular weight is 298 g/mol. The second kappa shape index (κ2) is 7.56. The minimum Gasteiger partial charge on any atom is -0.468 e. The summed E-state index contributed by atoms with van der Waals surface area (Å²) >= 11 is 0. The van der Waals surface area contributed by atoms with E-state index < -0.39 is 5.54 Å². The van der Waals surface area contributed by atoms with Crippen molar-refractivity contribution in [2.24, 2.45) is 0 Å². The molecule has 0 radical (unpaired) electrons. The number of hydrogen-bond acceptors (Lipinski definition) is 5. The molecule has 1 aliphatic heterocycles. The average Bonchev–Trinajstić information content (AvgIpc) is 2.52. The van der Waals surface area contributed by atoms with Crippen molar-refractivity contribution in [2.75, 3.05) is 33.4 Å². The maximum absolute atomic E-state index is 12.2. The minimum absolute atomic E-state index is 0.171. The van der Waals surface area contributed by atoms with Crippen molar-refractivity contribution in [1.29, 1.82) is 0 Å². The second-order valence-corrected chi connectivity index (χ2v) is 6.48. The van der Waals surface area contributed by atoms with E-state index in [4.69, 9.17) is 9.47 Å². The van der Waals surface area contributed by atoms with Gasteiger partial charge in [-0.2, -0.15) is 0 Å². The summed E-state index contributed by atoms with van der Waals surface area (Å²) in [7, 11) is 1.47. The van der Waals surface area contributed by atoms with Crippen LogP contribution in [0.1, 0.15) is 46.0 Å². The molecule has 0 aromatic carbocycles. The highest BCUT2D eigenvalue weighted by Gasteiger charge is 2.41. The molecule has 0 amide bonds. The number of nitrogens with zero attached hydrogens (tertiary/aromatic N) is 1. The largest absolute Gasteiger partial charge is 0.468 e. The van der Waals surface area contributed by atoms with Gasteiger partial charge in [-0.1, -0.05) is 19.8 Å². The van der Waals surface area contributed by atoms with Crippen molar-refractivity contribution in [3.05, 3.63) is 0 Å². The van der Waals surface area contributed by atoms with Gasteiger partial charge in [0, 0.05) is 19.1 Å². The van der Waals surface area contributed by atoms with Crippen LogP contribution in [0.2, 0.25) is 0 Å². The smallest absolute Gasteiger partial charge is 0.327 e. The highest BCUT2D eigenvalue weighted by molar-refractivity contribution is 5.80. The maximum atomic E-state index is 12.2. The first-order valence-corrected chi connectivity index (χ1v) is 8.30. The van der Waals surface area contributed by atoms with Crippen LogP contribution in [0.25, 0.3) is 0 Å². The third-order valence-electron chi connectivity index (χ3n) is 4.77. The van der Waals surface area contributed by atoms with Gasteiger partial charge in [0.1, 0.15) is 5.54 Å². The topological polar surface area (TPSA) is 50.8 Å². The van der Waals surface area contributed by atoms with Crippen LogP contribution in [-0.2, 0) is 14.3 Å². The fourth-order valence-electron chi connectivity index (χ4n) is 3.60. The highest BCUT2D eigenvalue weighted by atomic mass is 16.5. The van der Waals surface area contributed by atoms with E-state index in [0.29, 0.717) is 18.7 Å².